The van der Waals surface area contributed by atoms with Gasteiger partial charge in [0.25, 0.3) is 0 Å². The van der Waals surface area contributed by atoms with Gasteiger partial charge in [0.05, 0.1) is 5.92 Å². The highest BCUT2D eigenvalue weighted by Crippen LogP contribution is 2.35. The van der Waals surface area contributed by atoms with Crippen LogP contribution in [0.4, 0.5) is 5.82 Å². The number of piperidine rings is 1. The Morgan fingerprint density at radius 2 is 1.65 bits per heavy atom. The summed E-state index contributed by atoms with van der Waals surface area (Å²) in [5.41, 5.74) is 2.71. The molecule has 0 aliphatic carbocycles. The molecule has 1 atom stereocenters. The maximum absolute atomic E-state index is 13.9. The number of rotatable bonds is 5. The Morgan fingerprint density at radius 1 is 1.03 bits per heavy atom. The fourth-order valence-electron chi connectivity index (χ4n) is 4.53. The number of anilines is 1. The summed E-state index contributed by atoms with van der Waals surface area (Å²) in [5.74, 6) is 1.46. The summed E-state index contributed by atoms with van der Waals surface area (Å²) in [7, 11) is 1.87. The average Bonchev–Trinajstić information content (AvgIpc) is 2.80. The third-order valence-electron chi connectivity index (χ3n) is 6.17. The van der Waals surface area contributed by atoms with E-state index >= 15 is 0 Å². The third kappa shape index (κ3) is 4.46. The first kappa shape index (κ1) is 21.0. The Hall–Kier alpha value is -3.21. The molecule has 5 heteroatoms. The highest BCUT2D eigenvalue weighted by atomic mass is 16.2. The summed E-state index contributed by atoms with van der Waals surface area (Å²) in [6, 6.07) is 22.1. The summed E-state index contributed by atoms with van der Waals surface area (Å²) < 4.78 is 0. The first-order chi connectivity index (χ1) is 15.0. The fourth-order valence-corrected chi connectivity index (χ4v) is 4.53. The Bertz CT molecular complexity index is 998. The molecule has 2 heterocycles. The average molecular weight is 415 g/mol. The summed E-state index contributed by atoms with van der Waals surface area (Å²) in [6.45, 7) is 5.55. The molecule has 0 spiro atoms. The van der Waals surface area contributed by atoms with Crippen LogP contribution in [0.2, 0.25) is 0 Å². The molecule has 1 aliphatic rings. The van der Waals surface area contributed by atoms with Crippen molar-refractivity contribution in [1.82, 2.24) is 14.9 Å². The van der Waals surface area contributed by atoms with E-state index in [0.29, 0.717) is 6.54 Å². The third-order valence-corrected chi connectivity index (χ3v) is 6.17. The number of aromatic nitrogens is 2. The molecule has 31 heavy (non-hydrogen) atoms. The quantitative estimate of drug-likeness (QED) is 0.666. The van der Waals surface area contributed by atoms with Crippen molar-refractivity contribution >= 4 is 11.7 Å². The second-order valence-electron chi connectivity index (χ2n) is 8.65. The highest BCUT2D eigenvalue weighted by molar-refractivity contribution is 5.87. The predicted octanol–water partition coefficient (Wildman–Crippen LogP) is 4.54. The van der Waals surface area contributed by atoms with Crippen molar-refractivity contribution < 1.29 is 4.79 Å². The summed E-state index contributed by atoms with van der Waals surface area (Å²) in [4.78, 5) is 25.4. The number of benzene rings is 2. The van der Waals surface area contributed by atoms with Crippen LogP contribution in [0.3, 0.4) is 0 Å². The molecular formula is C26H30N4O. The normalized spacial score (nSPS) is 18.8. The zero-order chi connectivity index (χ0) is 21.8. The van der Waals surface area contributed by atoms with E-state index in [1.54, 1.807) is 0 Å². The standard InChI is InChI=1S/C26H30N4O/c1-19-17-22(27-3)29-25(28-19)26(2)15-10-16-30(18-26)24(31)23(20-11-6-4-7-12-20)21-13-8-5-9-14-21/h4-9,11-14,17,23H,10,15-16,18H2,1-3H3,(H,27,28,29). The molecule has 0 saturated carbocycles. The number of hydrogen-bond acceptors (Lipinski definition) is 4. The lowest BCUT2D eigenvalue weighted by Crippen LogP contribution is -2.49. The zero-order valence-electron chi connectivity index (χ0n) is 18.5. The van der Waals surface area contributed by atoms with Crippen LogP contribution in [0.15, 0.2) is 66.7 Å². The first-order valence-electron chi connectivity index (χ1n) is 10.9. The molecule has 2 aromatic carbocycles. The van der Waals surface area contributed by atoms with Gasteiger partial charge in [0.1, 0.15) is 11.6 Å². The van der Waals surface area contributed by atoms with Crippen LogP contribution >= 0.6 is 0 Å². The van der Waals surface area contributed by atoms with Crippen molar-refractivity contribution in [2.45, 2.75) is 38.0 Å². The van der Waals surface area contributed by atoms with Gasteiger partial charge in [-0.3, -0.25) is 4.79 Å². The highest BCUT2D eigenvalue weighted by Gasteiger charge is 2.39. The topological polar surface area (TPSA) is 58.1 Å². The van der Waals surface area contributed by atoms with Gasteiger partial charge in [-0.25, -0.2) is 9.97 Å². The van der Waals surface area contributed by atoms with Gasteiger partial charge in [-0.05, 0) is 30.9 Å². The van der Waals surface area contributed by atoms with Gasteiger partial charge in [0, 0.05) is 37.3 Å². The van der Waals surface area contributed by atoms with E-state index in [4.69, 9.17) is 9.97 Å². The van der Waals surface area contributed by atoms with Crippen molar-refractivity contribution in [2.24, 2.45) is 0 Å². The molecule has 4 rings (SSSR count). The second kappa shape index (κ2) is 8.88. The summed E-state index contributed by atoms with van der Waals surface area (Å²) in [6.07, 6.45) is 1.90. The van der Waals surface area contributed by atoms with Crippen LogP contribution in [0, 0.1) is 6.92 Å². The Balaban J connectivity index is 1.66. The molecule has 1 aliphatic heterocycles. The number of carbonyl (C=O) groups excluding carboxylic acids is 1. The maximum atomic E-state index is 13.9. The molecule has 1 N–H and O–H groups in total. The lowest BCUT2D eigenvalue weighted by atomic mass is 9.79. The number of nitrogens with one attached hydrogen (secondary N) is 1. The lowest BCUT2D eigenvalue weighted by molar-refractivity contribution is -0.134. The maximum Gasteiger partial charge on any atom is 0.234 e. The number of amides is 1. The number of likely N-dealkylation sites (tertiary alicyclic amines) is 1. The van der Waals surface area contributed by atoms with Crippen molar-refractivity contribution in [1.29, 1.82) is 0 Å². The molecule has 1 aromatic heterocycles. The number of aryl methyl sites for hydroxylation is 1. The van der Waals surface area contributed by atoms with Gasteiger partial charge in [-0.2, -0.15) is 0 Å². The molecular weight excluding hydrogens is 384 g/mol. The molecule has 1 amide bonds. The van der Waals surface area contributed by atoms with E-state index in [2.05, 4.69) is 12.2 Å². The Kier molecular flexibility index (Phi) is 6.03. The summed E-state index contributed by atoms with van der Waals surface area (Å²) >= 11 is 0. The van der Waals surface area contributed by atoms with Crippen molar-refractivity contribution in [3.8, 4) is 0 Å². The monoisotopic (exact) mass is 414 g/mol. The molecule has 1 fully saturated rings. The molecule has 0 radical (unpaired) electrons. The molecule has 1 saturated heterocycles. The van der Waals surface area contributed by atoms with E-state index < -0.39 is 0 Å². The van der Waals surface area contributed by atoms with Crippen LogP contribution in [0.1, 0.15) is 48.3 Å². The number of hydrogen-bond donors (Lipinski definition) is 1. The van der Waals surface area contributed by atoms with Crippen LogP contribution in [0.25, 0.3) is 0 Å². The van der Waals surface area contributed by atoms with E-state index in [-0.39, 0.29) is 17.2 Å². The zero-order valence-corrected chi connectivity index (χ0v) is 18.5. The number of carbonyl (C=O) groups is 1. The minimum absolute atomic E-state index is 0.143. The van der Waals surface area contributed by atoms with Gasteiger partial charge in [0.15, 0.2) is 0 Å². The van der Waals surface area contributed by atoms with E-state index in [0.717, 1.165) is 47.8 Å². The van der Waals surface area contributed by atoms with E-state index in [1.165, 1.54) is 0 Å². The Morgan fingerprint density at radius 3 is 2.23 bits per heavy atom. The van der Waals surface area contributed by atoms with Gasteiger partial charge < -0.3 is 10.2 Å². The van der Waals surface area contributed by atoms with Gasteiger partial charge in [-0.1, -0.05) is 67.6 Å². The minimum Gasteiger partial charge on any atom is -0.373 e. The smallest absolute Gasteiger partial charge is 0.234 e. The van der Waals surface area contributed by atoms with E-state index in [1.807, 2.05) is 85.6 Å². The van der Waals surface area contributed by atoms with Crippen LogP contribution in [0.5, 0.6) is 0 Å². The van der Waals surface area contributed by atoms with E-state index in [9.17, 15) is 4.79 Å². The van der Waals surface area contributed by atoms with Crippen LogP contribution in [-0.2, 0) is 10.2 Å². The SMILES string of the molecule is CNc1cc(C)nc(C2(C)CCCN(C(=O)C(c3ccccc3)c3ccccc3)C2)n1. The molecule has 5 nitrogen and oxygen atoms in total. The largest absolute Gasteiger partial charge is 0.373 e. The van der Waals surface area contributed by atoms with Crippen molar-refractivity contribution in [3.63, 3.8) is 0 Å². The minimum atomic E-state index is -0.309. The van der Waals surface area contributed by atoms with Crippen molar-refractivity contribution in [3.05, 3.63) is 89.4 Å². The molecule has 0 bridgehead atoms. The molecule has 1 unspecified atom stereocenters. The number of nitrogens with zero attached hydrogens (tertiary/aromatic N) is 3. The molecule has 160 valence electrons. The van der Waals surface area contributed by atoms with Gasteiger partial charge in [0.2, 0.25) is 5.91 Å². The van der Waals surface area contributed by atoms with Crippen molar-refractivity contribution in [2.75, 3.05) is 25.5 Å². The van der Waals surface area contributed by atoms with Gasteiger partial charge in [-0.15, -0.1) is 0 Å². The fraction of sp³-hybridized carbons (Fsp3) is 0.346. The lowest BCUT2D eigenvalue weighted by Gasteiger charge is -2.41. The first-order valence-corrected chi connectivity index (χ1v) is 10.9. The second-order valence-corrected chi connectivity index (χ2v) is 8.65. The van der Waals surface area contributed by atoms with Gasteiger partial charge >= 0.3 is 0 Å². The summed E-state index contributed by atoms with van der Waals surface area (Å²) in [5, 5.41) is 3.13. The van der Waals surface area contributed by atoms with Crippen LogP contribution in [-0.4, -0.2) is 40.9 Å². The predicted molar refractivity (Wildman–Crippen MR) is 124 cm³/mol. The van der Waals surface area contributed by atoms with Crippen LogP contribution < -0.4 is 5.32 Å². The Labute approximate surface area is 184 Å². The molecule has 3 aromatic rings.